The number of hydrogen-bond donors (Lipinski definition) is 1. The molecule has 1 unspecified atom stereocenters. The Morgan fingerprint density at radius 2 is 1.64 bits per heavy atom. The van der Waals surface area contributed by atoms with E-state index in [-0.39, 0.29) is 17.7 Å². The van der Waals surface area contributed by atoms with Gasteiger partial charge in [-0.3, -0.25) is 9.59 Å². The summed E-state index contributed by atoms with van der Waals surface area (Å²) in [5.41, 5.74) is 3.45. The largest absolute Gasteiger partial charge is 0.493 e. The van der Waals surface area contributed by atoms with E-state index in [1.165, 1.54) is 0 Å². The van der Waals surface area contributed by atoms with Crippen LogP contribution in [0.2, 0.25) is 0 Å². The van der Waals surface area contributed by atoms with Crippen molar-refractivity contribution in [1.82, 2.24) is 5.32 Å². The van der Waals surface area contributed by atoms with Crippen molar-refractivity contribution in [3.05, 3.63) is 101 Å². The number of carbonyl (C=O) groups is 2. The first kappa shape index (κ1) is 18.0. The number of ether oxygens (including phenoxy) is 1. The van der Waals surface area contributed by atoms with Crippen LogP contribution in [0.15, 0.2) is 72.8 Å². The molecule has 0 saturated heterocycles. The molecule has 0 aromatic heterocycles. The molecule has 0 spiro atoms. The molecular formula is C24H21NO3. The van der Waals surface area contributed by atoms with Crippen LogP contribution in [0.4, 0.5) is 0 Å². The Kier molecular flexibility index (Phi) is 4.94. The van der Waals surface area contributed by atoms with E-state index < -0.39 is 0 Å². The average molecular weight is 371 g/mol. The summed E-state index contributed by atoms with van der Waals surface area (Å²) in [6, 6.07) is 21.8. The van der Waals surface area contributed by atoms with Crippen LogP contribution in [0, 0.1) is 6.92 Å². The van der Waals surface area contributed by atoms with Crippen molar-refractivity contribution >= 4 is 11.7 Å². The Hall–Kier alpha value is -3.40. The molecule has 0 saturated carbocycles. The van der Waals surface area contributed by atoms with E-state index in [2.05, 4.69) is 5.32 Å². The molecule has 0 aliphatic carbocycles. The van der Waals surface area contributed by atoms with Gasteiger partial charge in [0.2, 0.25) is 0 Å². The summed E-state index contributed by atoms with van der Waals surface area (Å²) in [6.07, 6.45) is 0.691. The molecule has 3 aromatic rings. The number of ketones is 1. The molecule has 140 valence electrons. The number of nitrogens with one attached hydrogen (secondary N) is 1. The molecule has 4 heteroatoms. The van der Waals surface area contributed by atoms with Gasteiger partial charge in [-0.25, -0.2) is 0 Å². The van der Waals surface area contributed by atoms with Gasteiger partial charge in [0.15, 0.2) is 5.78 Å². The van der Waals surface area contributed by atoms with Gasteiger partial charge in [0.1, 0.15) is 5.75 Å². The molecule has 0 radical (unpaired) electrons. The van der Waals surface area contributed by atoms with Crippen LogP contribution in [0.5, 0.6) is 5.75 Å². The smallest absolute Gasteiger partial charge is 0.252 e. The van der Waals surface area contributed by atoms with E-state index in [0.29, 0.717) is 29.7 Å². The van der Waals surface area contributed by atoms with Gasteiger partial charge in [-0.1, -0.05) is 66.2 Å². The lowest BCUT2D eigenvalue weighted by molar-refractivity contribution is 0.0915. The monoisotopic (exact) mass is 371 g/mol. The summed E-state index contributed by atoms with van der Waals surface area (Å²) in [5, 5.41) is 3.09. The fourth-order valence-electron chi connectivity index (χ4n) is 3.52. The van der Waals surface area contributed by atoms with Crippen LogP contribution in [0.1, 0.15) is 49.9 Å². The summed E-state index contributed by atoms with van der Waals surface area (Å²) in [7, 11) is 0. The van der Waals surface area contributed by atoms with Crippen LogP contribution < -0.4 is 10.1 Å². The summed E-state index contributed by atoms with van der Waals surface area (Å²) >= 11 is 0. The van der Waals surface area contributed by atoms with E-state index in [9.17, 15) is 9.59 Å². The second-order valence-electron chi connectivity index (χ2n) is 6.95. The molecule has 1 heterocycles. The molecule has 1 aliphatic heterocycles. The number of amides is 1. The van der Waals surface area contributed by atoms with Gasteiger partial charge in [-0.05, 0) is 19.1 Å². The standard InChI is InChI=1S/C24H21NO3/c1-16-11-12-22-20(15-16)21(13-14-28-22)25-24(27)19-10-6-5-9-18(19)23(26)17-7-3-2-4-8-17/h2-12,15,21H,13-14H2,1H3,(H,25,27). The predicted molar refractivity (Wildman–Crippen MR) is 108 cm³/mol. The quantitative estimate of drug-likeness (QED) is 0.688. The number of rotatable bonds is 4. The maximum Gasteiger partial charge on any atom is 0.252 e. The first-order chi connectivity index (χ1) is 13.6. The van der Waals surface area contributed by atoms with Crippen molar-refractivity contribution in [2.24, 2.45) is 0 Å². The van der Waals surface area contributed by atoms with Crippen molar-refractivity contribution in [3.8, 4) is 5.75 Å². The number of carbonyl (C=O) groups excluding carboxylic acids is 2. The number of aryl methyl sites for hydroxylation is 1. The van der Waals surface area contributed by atoms with E-state index >= 15 is 0 Å². The molecular weight excluding hydrogens is 350 g/mol. The number of benzene rings is 3. The third kappa shape index (κ3) is 3.54. The van der Waals surface area contributed by atoms with E-state index in [1.54, 1.807) is 36.4 Å². The maximum atomic E-state index is 13.1. The lowest BCUT2D eigenvalue weighted by Gasteiger charge is -2.27. The van der Waals surface area contributed by atoms with Crippen molar-refractivity contribution in [1.29, 1.82) is 0 Å². The molecule has 1 N–H and O–H groups in total. The Balaban J connectivity index is 1.62. The second-order valence-corrected chi connectivity index (χ2v) is 6.95. The highest BCUT2D eigenvalue weighted by Gasteiger charge is 2.25. The van der Waals surface area contributed by atoms with Crippen LogP contribution >= 0.6 is 0 Å². The minimum absolute atomic E-state index is 0.143. The van der Waals surface area contributed by atoms with E-state index in [0.717, 1.165) is 16.9 Å². The second kappa shape index (κ2) is 7.69. The number of fused-ring (bicyclic) bond motifs is 1. The van der Waals surface area contributed by atoms with Gasteiger partial charge >= 0.3 is 0 Å². The van der Waals surface area contributed by atoms with Gasteiger partial charge in [-0.15, -0.1) is 0 Å². The van der Waals surface area contributed by atoms with Crippen molar-refractivity contribution in [3.63, 3.8) is 0 Å². The topological polar surface area (TPSA) is 55.4 Å². The summed E-state index contributed by atoms with van der Waals surface area (Å²) in [5.74, 6) is 0.393. The highest BCUT2D eigenvalue weighted by molar-refractivity contribution is 6.15. The van der Waals surface area contributed by atoms with Gasteiger partial charge in [0.25, 0.3) is 5.91 Å². The fraction of sp³-hybridized carbons (Fsp3) is 0.167. The minimum Gasteiger partial charge on any atom is -0.493 e. The van der Waals surface area contributed by atoms with Gasteiger partial charge in [0.05, 0.1) is 18.2 Å². The maximum absolute atomic E-state index is 13.1. The molecule has 1 atom stereocenters. The zero-order valence-electron chi connectivity index (χ0n) is 15.6. The van der Waals surface area contributed by atoms with E-state index in [1.807, 2.05) is 43.3 Å². The van der Waals surface area contributed by atoms with Crippen molar-refractivity contribution in [2.75, 3.05) is 6.61 Å². The molecule has 0 bridgehead atoms. The zero-order chi connectivity index (χ0) is 19.5. The van der Waals surface area contributed by atoms with E-state index in [4.69, 9.17) is 4.74 Å². The van der Waals surface area contributed by atoms with Gasteiger partial charge in [0, 0.05) is 23.1 Å². The normalized spacial score (nSPS) is 15.2. The molecule has 0 fully saturated rings. The first-order valence-corrected chi connectivity index (χ1v) is 9.36. The van der Waals surface area contributed by atoms with Crippen molar-refractivity contribution < 1.29 is 14.3 Å². The Labute approximate surface area is 164 Å². The molecule has 1 aliphatic rings. The Bertz CT molecular complexity index is 1030. The molecule has 1 amide bonds. The fourth-order valence-corrected chi connectivity index (χ4v) is 3.52. The number of hydrogen-bond acceptors (Lipinski definition) is 3. The molecule has 28 heavy (non-hydrogen) atoms. The lowest BCUT2D eigenvalue weighted by atomic mass is 9.96. The Morgan fingerprint density at radius 3 is 2.43 bits per heavy atom. The average Bonchev–Trinajstić information content (AvgIpc) is 2.74. The third-order valence-corrected chi connectivity index (χ3v) is 4.96. The van der Waals surface area contributed by atoms with Crippen LogP contribution in [-0.2, 0) is 0 Å². The van der Waals surface area contributed by atoms with Crippen LogP contribution in [0.3, 0.4) is 0 Å². The SMILES string of the molecule is Cc1ccc2c(c1)C(NC(=O)c1ccccc1C(=O)c1ccccc1)CCO2. The zero-order valence-corrected chi connectivity index (χ0v) is 15.6. The highest BCUT2D eigenvalue weighted by atomic mass is 16.5. The summed E-state index contributed by atoms with van der Waals surface area (Å²) in [4.78, 5) is 26.0. The van der Waals surface area contributed by atoms with Crippen molar-refractivity contribution in [2.45, 2.75) is 19.4 Å². The summed E-state index contributed by atoms with van der Waals surface area (Å²) in [6.45, 7) is 2.56. The minimum atomic E-state index is -0.251. The van der Waals surface area contributed by atoms with Gasteiger partial charge in [-0.2, -0.15) is 0 Å². The summed E-state index contributed by atoms with van der Waals surface area (Å²) < 4.78 is 5.71. The molecule has 4 rings (SSSR count). The molecule has 3 aromatic carbocycles. The molecule has 4 nitrogen and oxygen atoms in total. The van der Waals surface area contributed by atoms with Crippen LogP contribution in [0.25, 0.3) is 0 Å². The third-order valence-electron chi connectivity index (χ3n) is 4.96. The predicted octanol–water partition coefficient (Wildman–Crippen LogP) is 4.48. The van der Waals surface area contributed by atoms with Crippen LogP contribution in [-0.4, -0.2) is 18.3 Å². The Morgan fingerprint density at radius 1 is 0.929 bits per heavy atom. The first-order valence-electron chi connectivity index (χ1n) is 9.36. The lowest BCUT2D eigenvalue weighted by Crippen LogP contribution is -2.33. The highest BCUT2D eigenvalue weighted by Crippen LogP contribution is 2.33. The van der Waals surface area contributed by atoms with Gasteiger partial charge < -0.3 is 10.1 Å².